The van der Waals surface area contributed by atoms with Crippen molar-refractivity contribution in [3.63, 3.8) is 0 Å². The Morgan fingerprint density at radius 3 is 3.00 bits per heavy atom. The summed E-state index contributed by atoms with van der Waals surface area (Å²) < 4.78 is 53.3. The van der Waals surface area contributed by atoms with Crippen LogP contribution >= 0.6 is 0 Å². The molecule has 1 aliphatic heterocycles. The van der Waals surface area contributed by atoms with Crippen molar-refractivity contribution >= 4 is 0 Å². The normalized spacial score (nSPS) is 39.1. The van der Waals surface area contributed by atoms with E-state index in [0.717, 1.165) is 0 Å². The number of ether oxygens (including phenoxy) is 1. The van der Waals surface area contributed by atoms with Gasteiger partial charge >= 0.3 is 5.69 Å². The van der Waals surface area contributed by atoms with Crippen molar-refractivity contribution in [3.05, 3.63) is 32.9 Å². The lowest BCUT2D eigenvalue weighted by atomic mass is 10.2. The highest BCUT2D eigenvalue weighted by Crippen LogP contribution is 2.36. The third-order valence-corrected chi connectivity index (χ3v) is 2.31. The van der Waals surface area contributed by atoms with E-state index in [1.165, 1.54) is 4.98 Å². The number of rotatable bonds is 2. The van der Waals surface area contributed by atoms with E-state index >= 15 is 0 Å². The van der Waals surface area contributed by atoms with E-state index in [1.807, 2.05) is 0 Å². The Morgan fingerprint density at radius 1 is 1.78 bits per heavy atom. The molecular formula is C9H10F2N2O5. The molecule has 0 radical (unpaired) electrons. The molecule has 100 valence electrons. The van der Waals surface area contributed by atoms with Gasteiger partial charge in [0.25, 0.3) is 5.56 Å². The zero-order chi connectivity index (χ0) is 16.2. The minimum absolute atomic E-state index is 0.0570. The van der Waals surface area contributed by atoms with Gasteiger partial charge < -0.3 is 14.9 Å². The summed E-state index contributed by atoms with van der Waals surface area (Å²) >= 11 is 0. The Bertz CT molecular complexity index is 689. The summed E-state index contributed by atoms with van der Waals surface area (Å²) in [5.41, 5.74) is -2.77. The average molecular weight is 267 g/mol. The number of nitrogens with one attached hydrogen (secondary N) is 1. The van der Waals surface area contributed by atoms with Crippen molar-refractivity contribution < 1.29 is 27.8 Å². The van der Waals surface area contributed by atoms with Crippen LogP contribution in [0.2, 0.25) is 0 Å². The lowest BCUT2D eigenvalue weighted by molar-refractivity contribution is -0.181. The number of aliphatic hydroxyl groups excluding tert-OH is 1. The molecule has 18 heavy (non-hydrogen) atoms. The van der Waals surface area contributed by atoms with Gasteiger partial charge in [-0.2, -0.15) is 4.39 Å². The van der Waals surface area contributed by atoms with Crippen molar-refractivity contribution in [2.45, 2.75) is 24.6 Å². The van der Waals surface area contributed by atoms with Crippen LogP contribution in [-0.4, -0.2) is 38.3 Å². The van der Waals surface area contributed by atoms with E-state index < -0.39 is 48.2 Å². The molecule has 2 rings (SSSR count). The maximum absolute atomic E-state index is 14.2. The Morgan fingerprint density at radius 2 is 2.44 bits per heavy atom. The molecule has 1 saturated heterocycles. The third kappa shape index (κ3) is 2.07. The predicted octanol–water partition coefficient (Wildman–Crippen LogP) is -1.39. The van der Waals surface area contributed by atoms with Crippen molar-refractivity contribution in [3.8, 4) is 0 Å². The summed E-state index contributed by atoms with van der Waals surface area (Å²) in [5, 5.41) is 18.7. The van der Waals surface area contributed by atoms with Crippen molar-refractivity contribution in [2.75, 3.05) is 6.56 Å². The highest BCUT2D eigenvalue weighted by atomic mass is 19.2. The van der Waals surface area contributed by atoms with Crippen LogP contribution in [0, 0.1) is 5.82 Å². The number of aromatic amines is 1. The van der Waals surface area contributed by atoms with Crippen molar-refractivity contribution in [1.82, 2.24) is 9.55 Å². The largest absolute Gasteiger partial charge is 0.390 e. The van der Waals surface area contributed by atoms with Crippen LogP contribution in [0.1, 0.15) is 16.7 Å². The summed E-state index contributed by atoms with van der Waals surface area (Å²) in [6.45, 7) is -3.58. The fourth-order valence-corrected chi connectivity index (χ4v) is 1.50. The van der Waals surface area contributed by atoms with Crippen LogP contribution in [0.4, 0.5) is 8.78 Å². The van der Waals surface area contributed by atoms with Gasteiger partial charge in [-0.05, 0) is 0 Å². The molecule has 1 aromatic rings. The maximum Gasteiger partial charge on any atom is 0.330 e. The molecule has 1 fully saturated rings. The lowest BCUT2D eigenvalue weighted by Crippen LogP contribution is -2.37. The van der Waals surface area contributed by atoms with E-state index in [0.29, 0.717) is 0 Å². The molecule has 0 amide bonds. The van der Waals surface area contributed by atoms with Crippen LogP contribution in [0.3, 0.4) is 0 Å². The number of H-pyrrole nitrogens is 1. The Hall–Kier alpha value is -1.58. The van der Waals surface area contributed by atoms with E-state index in [9.17, 15) is 23.5 Å². The summed E-state index contributed by atoms with van der Waals surface area (Å²) in [7, 11) is 0. The fraction of sp³-hybridized carbons (Fsp3) is 0.556. The van der Waals surface area contributed by atoms with Gasteiger partial charge in [0.1, 0.15) is 12.7 Å². The molecule has 1 aliphatic rings. The van der Waals surface area contributed by atoms with Crippen LogP contribution in [0.5, 0.6) is 0 Å². The van der Waals surface area contributed by atoms with Crippen LogP contribution in [0.15, 0.2) is 15.8 Å². The molecule has 0 bridgehead atoms. The van der Waals surface area contributed by atoms with Crippen LogP contribution in [0.25, 0.3) is 0 Å². The molecule has 3 N–H and O–H groups in total. The number of hydrogen-bond donors (Lipinski definition) is 3. The zero-order valence-corrected chi connectivity index (χ0v) is 8.68. The molecular weight excluding hydrogens is 254 g/mol. The van der Waals surface area contributed by atoms with Crippen LogP contribution in [-0.2, 0) is 4.74 Å². The standard InChI is InChI=1S/C9H10F2N2O5/c10-4-2-13(8(17)12-6(4)16)7-5(15)1-9(11,3-14)18-7/h2,5,7,14-15H,1,3H2,(H,12,16,17)/t5-,7-,9+/m1/s1/i3D2,7D. The highest BCUT2D eigenvalue weighted by Gasteiger charge is 2.47. The first-order chi connectivity index (χ1) is 9.41. The second-order valence-electron chi connectivity index (χ2n) is 3.61. The molecule has 2 heterocycles. The Balaban J connectivity index is 2.57. The summed E-state index contributed by atoms with van der Waals surface area (Å²) in [4.78, 5) is 23.9. The lowest BCUT2D eigenvalue weighted by Gasteiger charge is -2.19. The van der Waals surface area contributed by atoms with Crippen LogP contribution < -0.4 is 11.2 Å². The summed E-state index contributed by atoms with van der Waals surface area (Å²) in [6, 6.07) is 0. The number of alkyl halides is 1. The maximum atomic E-state index is 14.2. The SMILES string of the molecule is [2H]C([2H])(O)[C@]1(F)C[C@@H](O)[C@]([2H])(n2cc(F)c(=O)[nH]c2=O)O1. The third-order valence-electron chi connectivity index (χ3n) is 2.31. The number of halogens is 2. The minimum Gasteiger partial charge on any atom is -0.390 e. The molecule has 0 unspecified atom stereocenters. The second kappa shape index (κ2) is 4.26. The van der Waals surface area contributed by atoms with Gasteiger partial charge in [0.2, 0.25) is 11.7 Å². The predicted molar refractivity (Wildman–Crippen MR) is 53.0 cm³/mol. The summed E-state index contributed by atoms with van der Waals surface area (Å²) in [6.07, 6.45) is -6.05. The van der Waals surface area contributed by atoms with Crippen molar-refractivity contribution in [1.29, 1.82) is 0 Å². The van der Waals surface area contributed by atoms with Gasteiger partial charge in [-0.1, -0.05) is 0 Å². The van der Waals surface area contributed by atoms with Gasteiger partial charge in [0.05, 0.1) is 10.3 Å². The minimum atomic E-state index is -3.58. The highest BCUT2D eigenvalue weighted by molar-refractivity contribution is 4.93. The number of aliphatic hydroxyl groups is 2. The van der Waals surface area contributed by atoms with E-state index in [-0.39, 0.29) is 10.8 Å². The van der Waals surface area contributed by atoms with Gasteiger partial charge in [0, 0.05) is 6.42 Å². The molecule has 0 saturated carbocycles. The monoisotopic (exact) mass is 267 g/mol. The van der Waals surface area contributed by atoms with E-state index in [4.69, 9.17) is 9.22 Å². The molecule has 3 atom stereocenters. The first-order valence-corrected chi connectivity index (χ1v) is 4.72. The smallest absolute Gasteiger partial charge is 0.330 e. The molecule has 7 nitrogen and oxygen atoms in total. The molecule has 0 aliphatic carbocycles. The number of hydrogen-bond acceptors (Lipinski definition) is 5. The van der Waals surface area contributed by atoms with E-state index in [1.54, 1.807) is 0 Å². The van der Waals surface area contributed by atoms with Crippen molar-refractivity contribution in [2.24, 2.45) is 0 Å². The second-order valence-corrected chi connectivity index (χ2v) is 3.61. The Kier molecular flexibility index (Phi) is 2.22. The summed E-state index contributed by atoms with van der Waals surface area (Å²) in [5.74, 6) is -5.00. The zero-order valence-electron chi connectivity index (χ0n) is 11.7. The quantitative estimate of drug-likeness (QED) is 0.612. The number of nitrogens with zero attached hydrogens (tertiary/aromatic N) is 1. The molecule has 1 aromatic heterocycles. The van der Waals surface area contributed by atoms with Gasteiger partial charge in [0.15, 0.2) is 6.20 Å². The van der Waals surface area contributed by atoms with Gasteiger partial charge in [-0.25, -0.2) is 9.18 Å². The Labute approximate surface area is 102 Å². The van der Waals surface area contributed by atoms with E-state index in [2.05, 4.69) is 4.74 Å². The molecule has 0 spiro atoms. The molecule has 0 aromatic carbocycles. The van der Waals surface area contributed by atoms with Gasteiger partial charge in [-0.3, -0.25) is 14.3 Å². The number of aromatic nitrogens is 2. The fourth-order valence-electron chi connectivity index (χ4n) is 1.50. The van der Waals surface area contributed by atoms with Gasteiger partial charge in [-0.15, -0.1) is 0 Å². The first-order valence-electron chi connectivity index (χ1n) is 6.22. The first kappa shape index (κ1) is 9.36. The topological polar surface area (TPSA) is 105 Å². The average Bonchev–Trinajstić information content (AvgIpc) is 2.55. The molecule has 9 heteroatoms.